The van der Waals surface area contributed by atoms with Gasteiger partial charge in [0.15, 0.2) is 0 Å². The zero-order valence-corrected chi connectivity index (χ0v) is 34.5. The Hall–Kier alpha value is -7.42. The average molecular weight is 771 g/mol. The highest BCUT2D eigenvalue weighted by Crippen LogP contribution is 2.46. The van der Waals surface area contributed by atoms with Crippen LogP contribution in [0.3, 0.4) is 0 Å². The molecule has 0 bridgehead atoms. The number of hydrogen-bond acceptors (Lipinski definition) is 1. The first kappa shape index (κ1) is 36.9. The molecule has 288 valence electrons. The zero-order valence-electron chi connectivity index (χ0n) is 34.5. The maximum Gasteiger partial charge on any atom is 0.0618 e. The SMILES string of the molecule is Cc1ccc(-c2cccc(-c3ccc(C)c(C)c3)c2-n2c3ccccc3c3ccc(N(c4ccc(-c5ccccc5)cc4)c4ccccc4-c4ccccc4)cc32)cc1C. The van der Waals surface area contributed by atoms with E-state index < -0.39 is 0 Å². The molecule has 0 amide bonds. The van der Waals surface area contributed by atoms with Crippen molar-refractivity contribution in [3.63, 3.8) is 0 Å². The molecular formula is C58H46N2. The second-order valence-electron chi connectivity index (χ2n) is 16.0. The van der Waals surface area contributed by atoms with Crippen LogP contribution in [0, 0.1) is 27.7 Å². The third-order valence-corrected chi connectivity index (χ3v) is 12.3. The highest BCUT2D eigenvalue weighted by Gasteiger charge is 2.23. The number of fused-ring (bicyclic) bond motifs is 3. The second-order valence-corrected chi connectivity index (χ2v) is 16.0. The molecule has 0 saturated heterocycles. The number of hydrogen-bond donors (Lipinski definition) is 0. The summed E-state index contributed by atoms with van der Waals surface area (Å²) in [6, 6.07) is 75.6. The maximum absolute atomic E-state index is 2.53. The quantitative estimate of drug-likeness (QED) is 0.149. The molecule has 0 spiro atoms. The van der Waals surface area contributed by atoms with E-state index in [9.17, 15) is 0 Å². The Morgan fingerprint density at radius 1 is 0.317 bits per heavy atom. The number of aromatic nitrogens is 1. The topological polar surface area (TPSA) is 8.17 Å². The monoisotopic (exact) mass is 770 g/mol. The smallest absolute Gasteiger partial charge is 0.0618 e. The van der Waals surface area contributed by atoms with Gasteiger partial charge in [-0.1, -0.05) is 170 Å². The molecule has 0 aliphatic heterocycles. The van der Waals surface area contributed by atoms with Crippen molar-refractivity contribution in [2.75, 3.05) is 4.90 Å². The normalized spacial score (nSPS) is 11.3. The third kappa shape index (κ3) is 6.57. The van der Waals surface area contributed by atoms with Crippen LogP contribution in [0.4, 0.5) is 17.1 Å². The summed E-state index contributed by atoms with van der Waals surface area (Å²) in [6.45, 7) is 8.81. The molecule has 9 aromatic carbocycles. The average Bonchev–Trinajstić information content (AvgIpc) is 3.62. The first-order valence-electron chi connectivity index (χ1n) is 20.8. The van der Waals surface area contributed by atoms with E-state index in [1.807, 2.05) is 0 Å². The molecule has 10 rings (SSSR count). The molecule has 2 nitrogen and oxygen atoms in total. The molecule has 0 saturated carbocycles. The molecule has 10 aromatic rings. The first-order chi connectivity index (χ1) is 29.4. The Balaban J connectivity index is 1.27. The minimum Gasteiger partial charge on any atom is -0.310 e. The molecule has 0 unspecified atom stereocenters. The highest BCUT2D eigenvalue weighted by atomic mass is 15.1. The number of rotatable bonds is 8. The van der Waals surface area contributed by atoms with Crippen molar-refractivity contribution >= 4 is 38.9 Å². The predicted octanol–water partition coefficient (Wildman–Crippen LogP) is 16.2. The van der Waals surface area contributed by atoms with Gasteiger partial charge in [-0.2, -0.15) is 0 Å². The number of anilines is 3. The van der Waals surface area contributed by atoms with Gasteiger partial charge in [0, 0.05) is 38.8 Å². The minimum absolute atomic E-state index is 1.08. The van der Waals surface area contributed by atoms with E-state index in [0.717, 1.165) is 22.6 Å². The summed E-state index contributed by atoms with van der Waals surface area (Å²) >= 11 is 0. The van der Waals surface area contributed by atoms with E-state index in [0.29, 0.717) is 0 Å². The van der Waals surface area contributed by atoms with Gasteiger partial charge >= 0.3 is 0 Å². The first-order valence-corrected chi connectivity index (χ1v) is 20.8. The van der Waals surface area contributed by atoms with Crippen LogP contribution in [0.2, 0.25) is 0 Å². The summed E-state index contributed by atoms with van der Waals surface area (Å²) in [7, 11) is 0. The van der Waals surface area contributed by atoms with Crippen LogP contribution >= 0.6 is 0 Å². The summed E-state index contributed by atoms with van der Waals surface area (Å²) in [5.74, 6) is 0. The van der Waals surface area contributed by atoms with Crippen LogP contribution in [0.25, 0.3) is 72.0 Å². The number of aryl methyl sites for hydroxylation is 4. The summed E-state index contributed by atoms with van der Waals surface area (Å²) in [6.07, 6.45) is 0. The van der Waals surface area contributed by atoms with Gasteiger partial charge in [-0.3, -0.25) is 0 Å². The molecule has 0 fully saturated rings. The third-order valence-electron chi connectivity index (χ3n) is 12.3. The summed E-state index contributed by atoms with van der Waals surface area (Å²) < 4.78 is 2.53. The Labute approximate surface area is 353 Å². The van der Waals surface area contributed by atoms with Crippen LogP contribution in [0.1, 0.15) is 22.3 Å². The van der Waals surface area contributed by atoms with Crippen molar-refractivity contribution in [3.05, 3.63) is 229 Å². The Morgan fingerprint density at radius 3 is 1.47 bits per heavy atom. The second kappa shape index (κ2) is 15.4. The van der Waals surface area contributed by atoms with Crippen molar-refractivity contribution in [3.8, 4) is 50.2 Å². The molecule has 0 radical (unpaired) electrons. The molecule has 1 aromatic heterocycles. The van der Waals surface area contributed by atoms with E-state index in [1.165, 1.54) is 88.7 Å². The Bertz CT molecular complexity index is 3100. The van der Waals surface area contributed by atoms with Crippen LogP contribution in [0.15, 0.2) is 206 Å². The molecular weight excluding hydrogens is 725 g/mol. The van der Waals surface area contributed by atoms with Crippen molar-refractivity contribution in [2.45, 2.75) is 27.7 Å². The lowest BCUT2D eigenvalue weighted by Crippen LogP contribution is -2.11. The van der Waals surface area contributed by atoms with Crippen LogP contribution < -0.4 is 4.90 Å². The largest absolute Gasteiger partial charge is 0.310 e. The predicted molar refractivity (Wildman–Crippen MR) is 256 cm³/mol. The minimum atomic E-state index is 1.08. The van der Waals surface area contributed by atoms with Crippen molar-refractivity contribution in [1.29, 1.82) is 0 Å². The van der Waals surface area contributed by atoms with Gasteiger partial charge < -0.3 is 9.47 Å². The van der Waals surface area contributed by atoms with Crippen molar-refractivity contribution in [1.82, 2.24) is 4.57 Å². The fraction of sp³-hybridized carbons (Fsp3) is 0.0690. The lowest BCUT2D eigenvalue weighted by molar-refractivity contribution is 1.18. The van der Waals surface area contributed by atoms with Crippen LogP contribution in [0.5, 0.6) is 0 Å². The fourth-order valence-electron chi connectivity index (χ4n) is 8.80. The molecule has 0 atom stereocenters. The van der Waals surface area contributed by atoms with Gasteiger partial charge in [-0.15, -0.1) is 0 Å². The number of benzene rings is 9. The molecule has 1 heterocycles. The van der Waals surface area contributed by atoms with E-state index in [-0.39, 0.29) is 0 Å². The van der Waals surface area contributed by atoms with Crippen molar-refractivity contribution in [2.24, 2.45) is 0 Å². The van der Waals surface area contributed by atoms with Crippen molar-refractivity contribution < 1.29 is 0 Å². The van der Waals surface area contributed by atoms with E-state index in [1.54, 1.807) is 0 Å². The standard InChI is InChI=1S/C58H46N2/c1-39-26-28-46(36-41(39)3)51-22-15-23-52(47-29-27-40(2)42(4)37-47)58(51)60-56-25-14-12-21-53(56)54-35-34-49(38-57(54)60)59(48-32-30-44(31-33-48)43-16-7-5-8-17-43)55-24-13-11-20-50(55)45-18-9-6-10-19-45/h5-38H,1-4H3. The maximum atomic E-state index is 2.53. The lowest BCUT2D eigenvalue weighted by atomic mass is 9.92. The van der Waals surface area contributed by atoms with Gasteiger partial charge in [0.2, 0.25) is 0 Å². The fourth-order valence-corrected chi connectivity index (χ4v) is 8.80. The van der Waals surface area contributed by atoms with Gasteiger partial charge in [0.05, 0.1) is 22.4 Å². The molecule has 2 heteroatoms. The number of para-hydroxylation sites is 3. The van der Waals surface area contributed by atoms with Gasteiger partial charge in [0.25, 0.3) is 0 Å². The molecule has 0 N–H and O–H groups in total. The molecule has 0 aliphatic rings. The zero-order chi connectivity index (χ0) is 40.7. The molecule has 60 heavy (non-hydrogen) atoms. The summed E-state index contributed by atoms with van der Waals surface area (Å²) in [4.78, 5) is 2.43. The van der Waals surface area contributed by atoms with E-state index in [4.69, 9.17) is 0 Å². The molecule has 0 aliphatic carbocycles. The van der Waals surface area contributed by atoms with Gasteiger partial charge in [0.1, 0.15) is 0 Å². The van der Waals surface area contributed by atoms with E-state index in [2.05, 4.69) is 243 Å². The highest BCUT2D eigenvalue weighted by molar-refractivity contribution is 6.12. The van der Waals surface area contributed by atoms with Crippen LogP contribution in [-0.2, 0) is 0 Å². The Kier molecular flexibility index (Phi) is 9.47. The van der Waals surface area contributed by atoms with Gasteiger partial charge in [-0.05, 0) is 114 Å². The number of nitrogens with zero attached hydrogens (tertiary/aromatic N) is 2. The van der Waals surface area contributed by atoms with E-state index >= 15 is 0 Å². The van der Waals surface area contributed by atoms with Crippen LogP contribution in [-0.4, -0.2) is 4.57 Å². The Morgan fingerprint density at radius 2 is 0.817 bits per heavy atom. The van der Waals surface area contributed by atoms with Gasteiger partial charge in [-0.25, -0.2) is 0 Å². The lowest BCUT2D eigenvalue weighted by Gasteiger charge is -2.28. The summed E-state index contributed by atoms with van der Waals surface area (Å²) in [5.41, 5.74) is 21.5. The summed E-state index contributed by atoms with van der Waals surface area (Å²) in [5, 5.41) is 2.44.